The molecule has 0 spiro atoms. The Labute approximate surface area is 99.0 Å². The molecule has 16 heavy (non-hydrogen) atoms. The lowest BCUT2D eigenvalue weighted by atomic mass is 10.1. The second-order valence-electron chi connectivity index (χ2n) is 4.63. The Hall–Kier alpha value is -1.02. The van der Waals surface area contributed by atoms with Crippen LogP contribution >= 0.6 is 0 Å². The summed E-state index contributed by atoms with van der Waals surface area (Å²) in [5, 5.41) is 3.16. The minimum atomic E-state index is 0.532. The molecule has 0 aromatic heterocycles. The van der Waals surface area contributed by atoms with Crippen LogP contribution in [0.15, 0.2) is 12.1 Å². The molecule has 0 aliphatic rings. The van der Waals surface area contributed by atoms with Crippen molar-refractivity contribution in [3.8, 4) is 5.75 Å². The van der Waals surface area contributed by atoms with E-state index in [0.29, 0.717) is 5.92 Å². The van der Waals surface area contributed by atoms with Gasteiger partial charge in [-0.25, -0.2) is 0 Å². The number of hydrogen-bond donors (Lipinski definition) is 1. The summed E-state index contributed by atoms with van der Waals surface area (Å²) in [4.78, 5) is 0. The van der Waals surface area contributed by atoms with Crippen molar-refractivity contribution in [1.82, 2.24) is 5.32 Å². The second kappa shape index (κ2) is 5.90. The zero-order valence-corrected chi connectivity index (χ0v) is 11.1. The zero-order chi connectivity index (χ0) is 12.1. The molecule has 1 N–H and O–H groups in total. The van der Waals surface area contributed by atoms with Crippen molar-refractivity contribution in [3.05, 3.63) is 28.8 Å². The molecule has 0 aliphatic carbocycles. The Morgan fingerprint density at radius 2 is 1.81 bits per heavy atom. The molecule has 0 heterocycles. The van der Waals surface area contributed by atoms with Crippen molar-refractivity contribution in [2.24, 2.45) is 5.92 Å². The highest BCUT2D eigenvalue weighted by molar-refractivity contribution is 5.44. The predicted octanol–water partition coefficient (Wildman–Crippen LogP) is 2.85. The highest BCUT2D eigenvalue weighted by atomic mass is 16.5. The second-order valence-corrected chi connectivity index (χ2v) is 4.63. The molecule has 1 rings (SSSR count). The van der Waals surface area contributed by atoms with Crippen LogP contribution in [0.1, 0.15) is 23.6 Å². The van der Waals surface area contributed by atoms with Gasteiger partial charge in [0, 0.05) is 12.5 Å². The third-order valence-electron chi connectivity index (χ3n) is 2.94. The molecule has 90 valence electrons. The van der Waals surface area contributed by atoms with Crippen molar-refractivity contribution in [1.29, 1.82) is 0 Å². The first-order valence-electron chi connectivity index (χ1n) is 5.90. The van der Waals surface area contributed by atoms with Gasteiger partial charge in [-0.05, 0) is 44.5 Å². The van der Waals surface area contributed by atoms with E-state index in [2.05, 4.69) is 45.1 Å². The third-order valence-corrected chi connectivity index (χ3v) is 2.94. The van der Waals surface area contributed by atoms with Crippen LogP contribution in [0.3, 0.4) is 0 Å². The Balaban J connectivity index is 2.70. The van der Waals surface area contributed by atoms with Crippen LogP contribution in [0.25, 0.3) is 0 Å². The molecule has 1 atom stereocenters. The Morgan fingerprint density at radius 3 is 2.44 bits per heavy atom. The van der Waals surface area contributed by atoms with Crippen LogP contribution in [0.5, 0.6) is 5.75 Å². The molecule has 1 unspecified atom stereocenters. The molecule has 0 fully saturated rings. The Kier molecular flexibility index (Phi) is 4.81. The Morgan fingerprint density at radius 1 is 1.19 bits per heavy atom. The lowest BCUT2D eigenvalue weighted by Crippen LogP contribution is -2.22. The average Bonchev–Trinajstić information content (AvgIpc) is 2.24. The third kappa shape index (κ3) is 3.24. The van der Waals surface area contributed by atoms with E-state index in [4.69, 9.17) is 4.74 Å². The fourth-order valence-electron chi connectivity index (χ4n) is 1.78. The molecule has 0 saturated carbocycles. The van der Waals surface area contributed by atoms with Crippen molar-refractivity contribution < 1.29 is 4.74 Å². The van der Waals surface area contributed by atoms with Gasteiger partial charge in [0.1, 0.15) is 5.75 Å². The largest absolute Gasteiger partial charge is 0.493 e. The molecule has 0 amide bonds. The molecule has 1 aromatic rings. The minimum absolute atomic E-state index is 0.532. The van der Waals surface area contributed by atoms with Gasteiger partial charge in [0.05, 0.1) is 6.61 Å². The maximum absolute atomic E-state index is 5.92. The smallest absolute Gasteiger partial charge is 0.125 e. The molecule has 2 heteroatoms. The van der Waals surface area contributed by atoms with E-state index in [1.54, 1.807) is 0 Å². The van der Waals surface area contributed by atoms with Crippen molar-refractivity contribution >= 4 is 0 Å². The fourth-order valence-corrected chi connectivity index (χ4v) is 1.78. The van der Waals surface area contributed by atoms with Crippen molar-refractivity contribution in [2.45, 2.75) is 27.7 Å². The molecule has 0 radical (unpaired) electrons. The van der Waals surface area contributed by atoms with Gasteiger partial charge < -0.3 is 10.1 Å². The summed E-state index contributed by atoms with van der Waals surface area (Å²) >= 11 is 0. The fraction of sp³-hybridized carbons (Fsp3) is 0.571. The monoisotopic (exact) mass is 221 g/mol. The van der Waals surface area contributed by atoms with E-state index in [9.17, 15) is 0 Å². The van der Waals surface area contributed by atoms with Crippen molar-refractivity contribution in [3.63, 3.8) is 0 Å². The SMILES string of the molecule is CNCC(C)COc1c(C)ccc(C)c1C. The normalized spacial score (nSPS) is 12.6. The summed E-state index contributed by atoms with van der Waals surface area (Å²) in [6, 6.07) is 4.27. The van der Waals surface area contributed by atoms with Crippen LogP contribution in [-0.4, -0.2) is 20.2 Å². The first-order valence-corrected chi connectivity index (χ1v) is 5.90. The van der Waals surface area contributed by atoms with Crippen LogP contribution in [-0.2, 0) is 0 Å². The highest BCUT2D eigenvalue weighted by Crippen LogP contribution is 2.25. The van der Waals surface area contributed by atoms with Gasteiger partial charge in [-0.2, -0.15) is 0 Å². The van der Waals surface area contributed by atoms with Gasteiger partial charge in [0.2, 0.25) is 0 Å². The van der Waals surface area contributed by atoms with Crippen LogP contribution in [0, 0.1) is 26.7 Å². The molecule has 2 nitrogen and oxygen atoms in total. The molecular weight excluding hydrogens is 198 g/mol. The lowest BCUT2D eigenvalue weighted by molar-refractivity contribution is 0.255. The number of hydrogen-bond acceptors (Lipinski definition) is 2. The van der Waals surface area contributed by atoms with Gasteiger partial charge in [0.15, 0.2) is 0 Å². The molecular formula is C14H23NO. The number of nitrogens with one attached hydrogen (secondary N) is 1. The lowest BCUT2D eigenvalue weighted by Gasteiger charge is -2.17. The predicted molar refractivity (Wildman–Crippen MR) is 69.2 cm³/mol. The first kappa shape index (κ1) is 13.0. The molecule has 0 aliphatic heterocycles. The van der Waals surface area contributed by atoms with E-state index < -0.39 is 0 Å². The first-order chi connectivity index (χ1) is 7.56. The van der Waals surface area contributed by atoms with Crippen molar-refractivity contribution in [2.75, 3.05) is 20.2 Å². The average molecular weight is 221 g/mol. The topological polar surface area (TPSA) is 21.3 Å². The summed E-state index contributed by atoms with van der Waals surface area (Å²) in [6.07, 6.45) is 0. The quantitative estimate of drug-likeness (QED) is 0.825. The van der Waals surface area contributed by atoms with Gasteiger partial charge in [0.25, 0.3) is 0 Å². The maximum Gasteiger partial charge on any atom is 0.125 e. The number of benzene rings is 1. The minimum Gasteiger partial charge on any atom is -0.493 e. The van der Waals surface area contributed by atoms with Gasteiger partial charge in [-0.15, -0.1) is 0 Å². The summed E-state index contributed by atoms with van der Waals surface area (Å²) in [7, 11) is 1.97. The standard InChI is InChI=1S/C14H23NO/c1-10(8-15-5)9-16-14-12(3)7-6-11(2)13(14)4/h6-7,10,15H,8-9H2,1-5H3. The van der Waals surface area contributed by atoms with E-state index in [1.165, 1.54) is 16.7 Å². The Bertz CT molecular complexity index is 347. The van der Waals surface area contributed by atoms with Crippen LogP contribution < -0.4 is 10.1 Å². The van der Waals surface area contributed by atoms with Crippen LogP contribution in [0.4, 0.5) is 0 Å². The van der Waals surface area contributed by atoms with E-state index >= 15 is 0 Å². The van der Waals surface area contributed by atoms with E-state index in [1.807, 2.05) is 7.05 Å². The summed E-state index contributed by atoms with van der Waals surface area (Å²) in [5.74, 6) is 1.59. The van der Waals surface area contributed by atoms with Crippen LogP contribution in [0.2, 0.25) is 0 Å². The summed E-state index contributed by atoms with van der Waals surface area (Å²) in [6.45, 7) is 10.3. The maximum atomic E-state index is 5.92. The highest BCUT2D eigenvalue weighted by Gasteiger charge is 2.08. The summed E-state index contributed by atoms with van der Waals surface area (Å²) in [5.41, 5.74) is 3.78. The van der Waals surface area contributed by atoms with Gasteiger partial charge in [-0.3, -0.25) is 0 Å². The molecule has 0 saturated heterocycles. The van der Waals surface area contributed by atoms with Gasteiger partial charge >= 0.3 is 0 Å². The number of ether oxygens (including phenoxy) is 1. The number of aryl methyl sites for hydroxylation is 2. The number of rotatable bonds is 5. The zero-order valence-electron chi connectivity index (χ0n) is 11.1. The molecule has 0 bridgehead atoms. The van der Waals surface area contributed by atoms with Gasteiger partial charge in [-0.1, -0.05) is 19.1 Å². The summed E-state index contributed by atoms with van der Waals surface area (Å²) < 4.78 is 5.92. The molecule has 1 aromatic carbocycles. The van der Waals surface area contributed by atoms with E-state index in [-0.39, 0.29) is 0 Å². The van der Waals surface area contributed by atoms with E-state index in [0.717, 1.165) is 18.9 Å².